The Morgan fingerprint density at radius 1 is 1.12 bits per heavy atom. The molecule has 1 heterocycles. The highest BCUT2D eigenvalue weighted by Gasteiger charge is 2.06. The number of hydrogen-bond acceptors (Lipinski definition) is 2. The summed E-state index contributed by atoms with van der Waals surface area (Å²) in [4.78, 5) is 12.1. The zero-order chi connectivity index (χ0) is 18.4. The normalized spacial score (nSPS) is 10.4. The van der Waals surface area contributed by atoms with Gasteiger partial charge in [0.15, 0.2) is 0 Å². The summed E-state index contributed by atoms with van der Waals surface area (Å²) >= 11 is 5.93. The summed E-state index contributed by atoms with van der Waals surface area (Å²) in [7, 11) is 1.59. The van der Waals surface area contributed by atoms with Crippen LogP contribution in [-0.4, -0.2) is 17.7 Å². The highest BCUT2D eigenvalue weighted by molar-refractivity contribution is 6.30. The van der Waals surface area contributed by atoms with Crippen molar-refractivity contribution in [3.05, 3.63) is 83.1 Å². The van der Waals surface area contributed by atoms with Crippen LogP contribution in [0.2, 0.25) is 5.02 Å². The molecule has 0 saturated carbocycles. The first-order chi connectivity index (χ1) is 12.6. The van der Waals surface area contributed by atoms with E-state index in [0.29, 0.717) is 18.0 Å². The van der Waals surface area contributed by atoms with Crippen LogP contribution >= 0.6 is 11.6 Å². The molecule has 0 aliphatic carbocycles. The SMILES string of the molecule is COc1cccc(NC(=O)NCc2cccn2Cc2ccc(Cl)cc2)c1. The van der Waals surface area contributed by atoms with Gasteiger partial charge in [0, 0.05) is 35.2 Å². The minimum atomic E-state index is -0.266. The van der Waals surface area contributed by atoms with Crippen LogP contribution in [-0.2, 0) is 13.1 Å². The summed E-state index contributed by atoms with van der Waals surface area (Å²) in [6.07, 6.45) is 1.99. The smallest absolute Gasteiger partial charge is 0.319 e. The van der Waals surface area contributed by atoms with Crippen LogP contribution < -0.4 is 15.4 Å². The molecule has 0 atom stereocenters. The van der Waals surface area contributed by atoms with Gasteiger partial charge in [-0.1, -0.05) is 29.8 Å². The van der Waals surface area contributed by atoms with E-state index in [-0.39, 0.29) is 6.03 Å². The number of benzene rings is 2. The molecule has 3 rings (SSSR count). The molecule has 0 aliphatic heterocycles. The number of nitrogens with zero attached hydrogens (tertiary/aromatic N) is 1. The third-order valence-corrected chi connectivity index (χ3v) is 4.20. The first-order valence-corrected chi connectivity index (χ1v) is 8.59. The Bertz CT molecular complexity index is 875. The van der Waals surface area contributed by atoms with Crippen molar-refractivity contribution in [3.8, 4) is 5.75 Å². The Balaban J connectivity index is 1.57. The van der Waals surface area contributed by atoms with Gasteiger partial charge in [0.2, 0.25) is 0 Å². The van der Waals surface area contributed by atoms with E-state index < -0.39 is 0 Å². The number of ether oxygens (including phenoxy) is 1. The highest BCUT2D eigenvalue weighted by atomic mass is 35.5. The van der Waals surface area contributed by atoms with E-state index in [1.165, 1.54) is 0 Å². The molecule has 2 aromatic carbocycles. The average Bonchev–Trinajstić information content (AvgIpc) is 3.09. The van der Waals surface area contributed by atoms with Gasteiger partial charge in [0.25, 0.3) is 0 Å². The molecule has 0 fully saturated rings. The van der Waals surface area contributed by atoms with Gasteiger partial charge in [-0.2, -0.15) is 0 Å². The van der Waals surface area contributed by atoms with E-state index in [2.05, 4.69) is 15.2 Å². The molecule has 0 bridgehead atoms. The third kappa shape index (κ3) is 4.80. The van der Waals surface area contributed by atoms with Gasteiger partial charge in [0.1, 0.15) is 5.75 Å². The molecule has 0 aliphatic rings. The first-order valence-electron chi connectivity index (χ1n) is 8.21. The number of rotatable bonds is 6. The molecule has 0 unspecified atom stereocenters. The number of aromatic nitrogens is 1. The number of halogens is 1. The number of carbonyl (C=O) groups excluding carboxylic acids is 1. The lowest BCUT2D eigenvalue weighted by Crippen LogP contribution is -2.29. The topological polar surface area (TPSA) is 55.3 Å². The van der Waals surface area contributed by atoms with Crippen LogP contribution in [0.3, 0.4) is 0 Å². The van der Waals surface area contributed by atoms with Crippen molar-refractivity contribution in [2.75, 3.05) is 12.4 Å². The second-order valence-electron chi connectivity index (χ2n) is 5.79. The monoisotopic (exact) mass is 369 g/mol. The van der Waals surface area contributed by atoms with E-state index in [0.717, 1.165) is 22.8 Å². The number of amides is 2. The Morgan fingerprint density at radius 2 is 1.92 bits per heavy atom. The Hall–Kier alpha value is -2.92. The molecule has 2 N–H and O–H groups in total. The van der Waals surface area contributed by atoms with Crippen LogP contribution in [0.15, 0.2) is 66.9 Å². The summed E-state index contributed by atoms with van der Waals surface area (Å²) < 4.78 is 7.24. The minimum Gasteiger partial charge on any atom is -0.497 e. The summed E-state index contributed by atoms with van der Waals surface area (Å²) in [6.45, 7) is 1.15. The van der Waals surface area contributed by atoms with Gasteiger partial charge in [-0.05, 0) is 42.0 Å². The average molecular weight is 370 g/mol. The number of methoxy groups -OCH3 is 1. The van der Waals surface area contributed by atoms with E-state index in [1.54, 1.807) is 13.2 Å². The molecular formula is C20H20ClN3O2. The number of anilines is 1. The predicted molar refractivity (Wildman–Crippen MR) is 104 cm³/mol. The second kappa shape index (κ2) is 8.45. The number of urea groups is 1. The number of carbonyl (C=O) groups is 1. The van der Waals surface area contributed by atoms with E-state index >= 15 is 0 Å². The Kier molecular flexibility index (Phi) is 5.81. The lowest BCUT2D eigenvalue weighted by atomic mass is 10.2. The fourth-order valence-corrected chi connectivity index (χ4v) is 2.72. The van der Waals surface area contributed by atoms with Crippen LogP contribution in [0.4, 0.5) is 10.5 Å². The molecule has 1 aromatic heterocycles. The summed E-state index contributed by atoms with van der Waals surface area (Å²) in [5, 5.41) is 6.39. The van der Waals surface area contributed by atoms with Gasteiger partial charge in [-0.25, -0.2) is 4.79 Å². The molecule has 2 amide bonds. The maximum atomic E-state index is 12.1. The predicted octanol–water partition coefficient (Wildman–Crippen LogP) is 4.52. The molecule has 0 saturated heterocycles. The van der Waals surface area contributed by atoms with Crippen LogP contribution in [0.1, 0.15) is 11.3 Å². The number of nitrogens with one attached hydrogen (secondary N) is 2. The maximum absolute atomic E-state index is 12.1. The quantitative estimate of drug-likeness (QED) is 0.671. The van der Waals surface area contributed by atoms with Crippen LogP contribution in [0.5, 0.6) is 5.75 Å². The highest BCUT2D eigenvalue weighted by Crippen LogP contribution is 2.16. The summed E-state index contributed by atoms with van der Waals surface area (Å²) in [6, 6.07) is 18.7. The minimum absolute atomic E-state index is 0.266. The molecule has 134 valence electrons. The number of hydrogen-bond donors (Lipinski definition) is 2. The van der Waals surface area contributed by atoms with Crippen molar-refractivity contribution in [2.24, 2.45) is 0 Å². The Labute approximate surface area is 157 Å². The maximum Gasteiger partial charge on any atom is 0.319 e. The largest absolute Gasteiger partial charge is 0.497 e. The molecule has 0 radical (unpaired) electrons. The molecule has 6 heteroatoms. The van der Waals surface area contributed by atoms with E-state index in [4.69, 9.17) is 16.3 Å². The molecule has 5 nitrogen and oxygen atoms in total. The van der Waals surface area contributed by atoms with Crippen molar-refractivity contribution >= 4 is 23.3 Å². The van der Waals surface area contributed by atoms with E-state index in [9.17, 15) is 4.79 Å². The first kappa shape index (κ1) is 17.9. The van der Waals surface area contributed by atoms with Crippen molar-refractivity contribution in [3.63, 3.8) is 0 Å². The van der Waals surface area contributed by atoms with Crippen LogP contribution in [0.25, 0.3) is 0 Å². The van der Waals surface area contributed by atoms with E-state index in [1.807, 2.05) is 60.8 Å². The Morgan fingerprint density at radius 3 is 2.69 bits per heavy atom. The van der Waals surface area contributed by atoms with Crippen molar-refractivity contribution in [1.82, 2.24) is 9.88 Å². The van der Waals surface area contributed by atoms with Gasteiger partial charge in [-0.3, -0.25) is 0 Å². The summed E-state index contributed by atoms with van der Waals surface area (Å²) in [5.74, 6) is 0.694. The van der Waals surface area contributed by atoms with Crippen molar-refractivity contribution < 1.29 is 9.53 Å². The zero-order valence-electron chi connectivity index (χ0n) is 14.4. The molecule has 0 spiro atoms. The standard InChI is InChI=1S/C20H20ClN3O2/c1-26-19-6-2-4-17(12-19)23-20(25)22-13-18-5-3-11-24(18)14-15-7-9-16(21)10-8-15/h2-12H,13-14H2,1H3,(H2,22,23,25). The van der Waals surface area contributed by atoms with Crippen molar-refractivity contribution in [1.29, 1.82) is 0 Å². The molecular weight excluding hydrogens is 350 g/mol. The fraction of sp³-hybridized carbons (Fsp3) is 0.150. The lowest BCUT2D eigenvalue weighted by molar-refractivity contribution is 0.251. The van der Waals surface area contributed by atoms with Crippen LogP contribution in [0, 0.1) is 0 Å². The molecule has 26 heavy (non-hydrogen) atoms. The van der Waals surface area contributed by atoms with Gasteiger partial charge in [0.05, 0.1) is 13.7 Å². The second-order valence-corrected chi connectivity index (χ2v) is 6.23. The van der Waals surface area contributed by atoms with Gasteiger partial charge < -0.3 is 19.9 Å². The fourth-order valence-electron chi connectivity index (χ4n) is 2.60. The molecule has 3 aromatic rings. The third-order valence-electron chi connectivity index (χ3n) is 3.95. The zero-order valence-corrected chi connectivity index (χ0v) is 15.2. The summed E-state index contributed by atoms with van der Waals surface area (Å²) in [5.41, 5.74) is 2.84. The van der Waals surface area contributed by atoms with Gasteiger partial charge in [-0.15, -0.1) is 0 Å². The van der Waals surface area contributed by atoms with Gasteiger partial charge >= 0.3 is 6.03 Å². The lowest BCUT2D eigenvalue weighted by Gasteiger charge is -2.12. The van der Waals surface area contributed by atoms with Crippen molar-refractivity contribution in [2.45, 2.75) is 13.1 Å².